The summed E-state index contributed by atoms with van der Waals surface area (Å²) in [5, 5.41) is 15.7. The van der Waals surface area contributed by atoms with Gasteiger partial charge in [-0.2, -0.15) is 0 Å². The first kappa shape index (κ1) is 24.9. The van der Waals surface area contributed by atoms with Crippen LogP contribution >= 0.6 is 0 Å². The number of rotatable bonds is 11. The van der Waals surface area contributed by atoms with Crippen molar-refractivity contribution in [2.45, 2.75) is 51.6 Å². The highest BCUT2D eigenvalue weighted by molar-refractivity contribution is 5.99. The minimum Gasteiger partial charge on any atom is -0.393 e. The van der Waals surface area contributed by atoms with E-state index in [1.54, 1.807) is 7.05 Å². The van der Waals surface area contributed by atoms with Crippen molar-refractivity contribution >= 4 is 18.0 Å². The largest absolute Gasteiger partial charge is 0.393 e. The van der Waals surface area contributed by atoms with E-state index < -0.39 is 5.91 Å². The lowest BCUT2D eigenvalue weighted by molar-refractivity contribution is -0.118. The SMILES string of the molecule is CC(CCN/C(=C1/CCCCC1=N)N(C)C=O)NC(=O)/C(N)=C/N(N)Cc1ccccc1. The van der Waals surface area contributed by atoms with Crippen molar-refractivity contribution in [2.75, 3.05) is 13.6 Å². The molecular formula is C23H35N7O2. The maximum atomic E-state index is 12.4. The molecule has 0 heterocycles. The highest BCUT2D eigenvalue weighted by Crippen LogP contribution is 2.23. The molecule has 1 aliphatic rings. The van der Waals surface area contributed by atoms with E-state index in [9.17, 15) is 9.59 Å². The molecule has 0 aliphatic heterocycles. The van der Waals surface area contributed by atoms with Gasteiger partial charge in [0.15, 0.2) is 0 Å². The monoisotopic (exact) mass is 441 g/mol. The molecule has 0 aromatic heterocycles. The van der Waals surface area contributed by atoms with Crippen molar-refractivity contribution in [2.24, 2.45) is 11.6 Å². The molecule has 0 radical (unpaired) electrons. The predicted molar refractivity (Wildman–Crippen MR) is 126 cm³/mol. The Morgan fingerprint density at radius 2 is 1.94 bits per heavy atom. The number of hydrazine groups is 1. The molecule has 0 saturated heterocycles. The molecule has 32 heavy (non-hydrogen) atoms. The van der Waals surface area contributed by atoms with E-state index in [4.69, 9.17) is 17.0 Å². The number of allylic oxidation sites excluding steroid dienone is 1. The van der Waals surface area contributed by atoms with E-state index in [1.165, 1.54) is 16.1 Å². The van der Waals surface area contributed by atoms with E-state index in [1.807, 2.05) is 37.3 Å². The van der Waals surface area contributed by atoms with Crippen molar-refractivity contribution in [3.8, 4) is 0 Å². The van der Waals surface area contributed by atoms with Gasteiger partial charge in [0.1, 0.15) is 11.5 Å². The molecule has 1 fully saturated rings. The summed E-state index contributed by atoms with van der Waals surface area (Å²) in [5.74, 6) is 6.22. The van der Waals surface area contributed by atoms with Gasteiger partial charge in [-0.25, -0.2) is 5.84 Å². The third-order valence-corrected chi connectivity index (χ3v) is 5.29. The second-order valence-electron chi connectivity index (χ2n) is 8.06. The van der Waals surface area contributed by atoms with Crippen LogP contribution in [0.2, 0.25) is 0 Å². The predicted octanol–water partition coefficient (Wildman–Crippen LogP) is 1.54. The topological polar surface area (TPSA) is 141 Å². The summed E-state index contributed by atoms with van der Waals surface area (Å²) in [4.78, 5) is 25.2. The molecular weight excluding hydrogens is 406 g/mol. The molecule has 2 amide bonds. The Hall–Kier alpha value is -3.33. The van der Waals surface area contributed by atoms with E-state index in [0.717, 1.165) is 43.2 Å². The molecule has 7 N–H and O–H groups in total. The van der Waals surface area contributed by atoms with Crippen molar-refractivity contribution < 1.29 is 9.59 Å². The Bertz CT molecular complexity index is 851. The lowest BCUT2D eigenvalue weighted by Gasteiger charge is -2.26. The number of nitrogens with two attached hydrogens (primary N) is 2. The summed E-state index contributed by atoms with van der Waals surface area (Å²) in [5.41, 5.74) is 8.40. The van der Waals surface area contributed by atoms with Crippen LogP contribution in [0.1, 0.15) is 44.6 Å². The van der Waals surface area contributed by atoms with Gasteiger partial charge in [-0.1, -0.05) is 30.3 Å². The molecule has 9 heteroatoms. The fraction of sp³-hybridized carbons (Fsp3) is 0.435. The number of nitrogens with zero attached hydrogens (tertiary/aromatic N) is 2. The van der Waals surface area contributed by atoms with Crippen LogP contribution in [0.5, 0.6) is 0 Å². The van der Waals surface area contributed by atoms with Crippen molar-refractivity contribution in [3.05, 3.63) is 59.2 Å². The van der Waals surface area contributed by atoms with Gasteiger partial charge in [0, 0.05) is 37.1 Å². The number of carbonyl (C=O) groups is 2. The molecule has 1 aromatic carbocycles. The van der Waals surface area contributed by atoms with E-state index in [0.29, 0.717) is 31.0 Å². The second kappa shape index (κ2) is 12.5. The van der Waals surface area contributed by atoms with Crippen LogP contribution in [-0.2, 0) is 16.1 Å². The number of carbonyl (C=O) groups excluding carboxylic acids is 2. The van der Waals surface area contributed by atoms with Gasteiger partial charge in [-0.3, -0.25) is 9.59 Å². The maximum absolute atomic E-state index is 12.4. The van der Waals surface area contributed by atoms with Crippen LogP contribution in [0, 0.1) is 5.41 Å². The van der Waals surface area contributed by atoms with Gasteiger partial charge >= 0.3 is 0 Å². The van der Waals surface area contributed by atoms with E-state index in [-0.39, 0.29) is 11.7 Å². The zero-order valence-corrected chi connectivity index (χ0v) is 18.9. The third-order valence-electron chi connectivity index (χ3n) is 5.29. The van der Waals surface area contributed by atoms with Crippen molar-refractivity contribution in [1.29, 1.82) is 5.41 Å². The lowest BCUT2D eigenvalue weighted by Crippen LogP contribution is -2.39. The molecule has 1 aromatic rings. The second-order valence-corrected chi connectivity index (χ2v) is 8.06. The molecule has 0 bridgehead atoms. The molecule has 9 nitrogen and oxygen atoms in total. The number of hydrogen-bond acceptors (Lipinski definition) is 7. The molecule has 1 saturated carbocycles. The van der Waals surface area contributed by atoms with Crippen LogP contribution in [0.15, 0.2) is 53.6 Å². The van der Waals surface area contributed by atoms with Crippen LogP contribution < -0.4 is 22.2 Å². The number of benzene rings is 1. The zero-order valence-electron chi connectivity index (χ0n) is 18.9. The van der Waals surface area contributed by atoms with Gasteiger partial charge in [-0.15, -0.1) is 0 Å². The Kier molecular flexibility index (Phi) is 9.75. The van der Waals surface area contributed by atoms with Crippen LogP contribution in [0.4, 0.5) is 0 Å². The normalized spacial score (nSPS) is 16.7. The molecule has 1 atom stereocenters. The number of amides is 2. The molecule has 0 spiro atoms. The standard InChI is InChI=1S/C23H35N7O2/c1-17(12-13-27-22(29(2)16-31)19-10-6-7-11-20(19)24)28-23(32)21(25)15-30(26)14-18-8-4-3-5-9-18/h3-5,8-9,15-17,24,27H,6-7,10-14,25-26H2,1-2H3,(H,28,32)/b21-15-,22-19+,24-20?. The average Bonchev–Trinajstić information content (AvgIpc) is 2.77. The Morgan fingerprint density at radius 1 is 1.25 bits per heavy atom. The summed E-state index contributed by atoms with van der Waals surface area (Å²) in [6.07, 6.45) is 6.30. The molecule has 174 valence electrons. The molecule has 1 unspecified atom stereocenters. The first-order chi connectivity index (χ1) is 15.3. The summed E-state index contributed by atoms with van der Waals surface area (Å²) in [6.45, 7) is 2.85. The molecule has 2 rings (SSSR count). The van der Waals surface area contributed by atoms with Crippen LogP contribution in [0.25, 0.3) is 0 Å². The van der Waals surface area contributed by atoms with Crippen molar-refractivity contribution in [3.63, 3.8) is 0 Å². The Balaban J connectivity index is 1.86. The fourth-order valence-electron chi connectivity index (χ4n) is 3.53. The summed E-state index contributed by atoms with van der Waals surface area (Å²) in [7, 11) is 1.68. The van der Waals surface area contributed by atoms with Gasteiger partial charge < -0.3 is 31.7 Å². The first-order valence-corrected chi connectivity index (χ1v) is 10.9. The third kappa shape index (κ3) is 7.73. The fourth-order valence-corrected chi connectivity index (χ4v) is 3.53. The summed E-state index contributed by atoms with van der Waals surface area (Å²) >= 11 is 0. The number of nitrogens with one attached hydrogen (secondary N) is 3. The van der Waals surface area contributed by atoms with Crippen LogP contribution in [0.3, 0.4) is 0 Å². The van der Waals surface area contributed by atoms with Gasteiger partial charge in [-0.05, 0) is 44.6 Å². The van der Waals surface area contributed by atoms with Gasteiger partial charge in [0.05, 0.1) is 6.54 Å². The minimum atomic E-state index is -0.390. The van der Waals surface area contributed by atoms with E-state index >= 15 is 0 Å². The van der Waals surface area contributed by atoms with Crippen LogP contribution in [-0.4, -0.2) is 47.6 Å². The Labute approximate surface area is 190 Å². The summed E-state index contributed by atoms with van der Waals surface area (Å²) in [6, 6.07) is 9.50. The number of hydrogen-bond donors (Lipinski definition) is 5. The summed E-state index contributed by atoms with van der Waals surface area (Å²) < 4.78 is 0. The smallest absolute Gasteiger partial charge is 0.268 e. The quantitative estimate of drug-likeness (QED) is 0.153. The Morgan fingerprint density at radius 3 is 2.59 bits per heavy atom. The minimum absolute atomic E-state index is 0.0300. The highest BCUT2D eigenvalue weighted by atomic mass is 16.2. The average molecular weight is 442 g/mol. The lowest BCUT2D eigenvalue weighted by atomic mass is 9.92. The van der Waals surface area contributed by atoms with E-state index in [2.05, 4.69) is 10.6 Å². The highest BCUT2D eigenvalue weighted by Gasteiger charge is 2.19. The zero-order chi connectivity index (χ0) is 23.5. The van der Waals surface area contributed by atoms with Gasteiger partial charge in [0.2, 0.25) is 6.41 Å². The first-order valence-electron chi connectivity index (χ1n) is 10.9. The maximum Gasteiger partial charge on any atom is 0.268 e. The molecule has 1 aliphatic carbocycles. The van der Waals surface area contributed by atoms with Gasteiger partial charge in [0.25, 0.3) is 5.91 Å². The van der Waals surface area contributed by atoms with Crippen molar-refractivity contribution in [1.82, 2.24) is 20.5 Å².